The van der Waals surface area contributed by atoms with Gasteiger partial charge in [-0.1, -0.05) is 121 Å². The maximum absolute atomic E-state index is 7.66. The summed E-state index contributed by atoms with van der Waals surface area (Å²) in [5.41, 5.74) is 0. The van der Waals surface area contributed by atoms with Crippen LogP contribution in [0.1, 0.15) is 0 Å². The van der Waals surface area contributed by atoms with Crippen molar-refractivity contribution in [2.24, 2.45) is 0 Å². The third-order valence-electron chi connectivity index (χ3n) is 4.82. The zero-order valence-electron chi connectivity index (χ0n) is 16.6. The molecule has 0 N–H and O–H groups in total. The van der Waals surface area contributed by atoms with Crippen LogP contribution in [0.4, 0.5) is 0 Å². The molecule has 4 aromatic rings. The van der Waals surface area contributed by atoms with Crippen molar-refractivity contribution in [3.05, 3.63) is 127 Å². The zero-order chi connectivity index (χ0) is 20.8. The molecule has 0 heterocycles. The molecule has 160 valence electrons. The van der Waals surface area contributed by atoms with Gasteiger partial charge in [0.05, 0.1) is 0 Å². The van der Waals surface area contributed by atoms with Crippen LogP contribution in [0, 0.1) is 5.88 Å². The second-order valence-electron chi connectivity index (χ2n) is 6.76. The van der Waals surface area contributed by atoms with E-state index in [1.807, 2.05) is 24.3 Å². The van der Waals surface area contributed by atoms with E-state index in [0.29, 0.717) is 0 Å². The number of rotatable bonds is 7. The predicted octanol–water partition coefficient (Wildman–Crippen LogP) is 6.54. The van der Waals surface area contributed by atoms with Crippen molar-refractivity contribution in [1.82, 2.24) is 0 Å². The Morgan fingerprint density at radius 2 is 0.710 bits per heavy atom. The maximum Gasteiger partial charge on any atom is 0 e. The topological polar surface area (TPSA) is 0 Å². The Labute approximate surface area is 211 Å². The summed E-state index contributed by atoms with van der Waals surface area (Å²) in [6.45, 7) is 0. The smallest absolute Gasteiger partial charge is 0 e. The molecule has 0 spiro atoms. The Morgan fingerprint density at radius 3 is 0.903 bits per heavy atom. The second kappa shape index (κ2) is 11.7. The van der Waals surface area contributed by atoms with Crippen molar-refractivity contribution in [2.75, 3.05) is 0 Å². The molecule has 31 heavy (non-hydrogen) atoms. The number of benzene rings is 4. The molecule has 0 saturated carbocycles. The summed E-state index contributed by atoms with van der Waals surface area (Å²) in [6.07, 6.45) is 0. The van der Waals surface area contributed by atoms with Gasteiger partial charge in [0.2, 0.25) is 0 Å². The largest absolute Gasteiger partial charge is 0.347 e. The van der Waals surface area contributed by atoms with Crippen molar-refractivity contribution in [3.8, 4) is 0 Å². The average Bonchev–Trinajstić information content (AvgIpc) is 2.82. The van der Waals surface area contributed by atoms with Crippen LogP contribution in [0.3, 0.4) is 0 Å². The first-order valence-corrected chi connectivity index (χ1v) is 13.2. The third kappa shape index (κ3) is 5.49. The summed E-state index contributed by atoms with van der Waals surface area (Å²) < 4.78 is -0.766. The van der Waals surface area contributed by atoms with Gasteiger partial charge in [0, 0.05) is 20.4 Å². The summed E-state index contributed by atoms with van der Waals surface area (Å²) >= 11 is 14.3. The number of hydrogen-bond acceptors (Lipinski definition) is 0. The van der Waals surface area contributed by atoms with Crippen LogP contribution in [-0.4, -0.2) is 4.36 Å². The van der Waals surface area contributed by atoms with Crippen LogP contribution in [0.25, 0.3) is 0 Å². The van der Waals surface area contributed by atoms with E-state index < -0.39 is 20.2 Å². The van der Waals surface area contributed by atoms with Crippen LogP contribution in [0.5, 0.6) is 0 Å². The summed E-state index contributed by atoms with van der Waals surface area (Å²) in [6, 6.07) is 42.1. The standard InChI is InChI=1S/C26H21Cl2P2.Pd/c27-21-26(28,29(22-13-5-1-6-14-22)23-15-7-2-8-16-23)30(24-17-9-3-10-18-24)25-19-11-4-12-20-25;/h1-21H;/q-1;. The van der Waals surface area contributed by atoms with Gasteiger partial charge in [-0.3, -0.25) is 0 Å². The quantitative estimate of drug-likeness (QED) is 0.102. The van der Waals surface area contributed by atoms with Crippen molar-refractivity contribution in [2.45, 2.75) is 4.36 Å². The molecule has 0 saturated heterocycles. The monoisotopic (exact) mass is 571 g/mol. The molecule has 4 aromatic carbocycles. The van der Waals surface area contributed by atoms with E-state index in [0.717, 1.165) is 0 Å². The van der Waals surface area contributed by atoms with Crippen molar-refractivity contribution in [1.29, 1.82) is 0 Å². The van der Waals surface area contributed by atoms with Crippen LogP contribution >= 0.6 is 39.0 Å². The Bertz CT molecular complexity index is 886. The van der Waals surface area contributed by atoms with Crippen molar-refractivity contribution in [3.63, 3.8) is 0 Å². The normalized spacial score (nSPS) is 11.4. The maximum atomic E-state index is 7.66. The zero-order valence-corrected chi connectivity index (χ0v) is 21.4. The van der Waals surface area contributed by atoms with Gasteiger partial charge in [-0.05, 0) is 41.4 Å². The molecule has 4 rings (SSSR count). The Hall–Kier alpha value is -1.02. The molecule has 0 aliphatic carbocycles. The molecule has 0 nitrogen and oxygen atoms in total. The minimum atomic E-state index is -0.976. The molecule has 0 radical (unpaired) electrons. The Kier molecular flexibility index (Phi) is 9.32. The minimum Gasteiger partial charge on any atom is -0.347 e. The summed E-state index contributed by atoms with van der Waals surface area (Å²) in [4.78, 5) is 0. The van der Waals surface area contributed by atoms with E-state index in [1.54, 1.807) is 5.88 Å². The molecular formula is C26H21Cl2P2Pd-. The fourth-order valence-electron chi connectivity index (χ4n) is 3.53. The molecule has 0 amide bonds. The number of halogens is 2. The van der Waals surface area contributed by atoms with Crippen LogP contribution in [0.2, 0.25) is 0 Å². The molecular weight excluding hydrogens is 552 g/mol. The van der Waals surface area contributed by atoms with Gasteiger partial charge < -0.3 is 11.6 Å². The first-order chi connectivity index (χ1) is 14.7. The molecule has 0 atom stereocenters. The van der Waals surface area contributed by atoms with E-state index in [2.05, 4.69) is 97.1 Å². The molecule has 0 aliphatic rings. The molecule has 0 unspecified atom stereocenters. The predicted molar refractivity (Wildman–Crippen MR) is 137 cm³/mol. The van der Waals surface area contributed by atoms with Gasteiger partial charge in [-0.15, -0.1) is 11.6 Å². The van der Waals surface area contributed by atoms with Gasteiger partial charge in [-0.2, -0.15) is 0 Å². The van der Waals surface area contributed by atoms with E-state index in [1.165, 1.54) is 21.2 Å². The van der Waals surface area contributed by atoms with Crippen molar-refractivity contribution < 1.29 is 20.4 Å². The van der Waals surface area contributed by atoms with Crippen LogP contribution < -0.4 is 21.2 Å². The van der Waals surface area contributed by atoms with Crippen LogP contribution in [-0.2, 0) is 20.4 Å². The summed E-state index contributed by atoms with van der Waals surface area (Å²) in [5.74, 6) is 1.71. The first kappa shape index (κ1) is 24.6. The third-order valence-corrected chi connectivity index (χ3v) is 12.7. The van der Waals surface area contributed by atoms with Gasteiger partial charge in [0.25, 0.3) is 0 Å². The summed E-state index contributed by atoms with van der Waals surface area (Å²) in [5, 5.41) is 4.85. The minimum absolute atomic E-state index is 0. The van der Waals surface area contributed by atoms with E-state index in [9.17, 15) is 0 Å². The molecule has 0 bridgehead atoms. The molecule has 5 heteroatoms. The van der Waals surface area contributed by atoms with Crippen LogP contribution in [0.15, 0.2) is 121 Å². The Balaban J connectivity index is 0.00000272. The molecule has 0 aliphatic heterocycles. The fourth-order valence-corrected chi connectivity index (χ4v) is 11.6. The van der Waals surface area contributed by atoms with Gasteiger partial charge in [0.1, 0.15) is 0 Å². The summed E-state index contributed by atoms with van der Waals surface area (Å²) in [7, 11) is -1.95. The molecule has 0 fully saturated rings. The number of hydrogen-bond donors (Lipinski definition) is 0. The average molecular weight is 573 g/mol. The fraction of sp³-hybridized carbons (Fsp3) is 0.0385. The van der Waals surface area contributed by atoms with E-state index in [-0.39, 0.29) is 20.4 Å². The van der Waals surface area contributed by atoms with Gasteiger partial charge in [-0.25, -0.2) is 5.88 Å². The molecule has 0 aromatic heterocycles. The first-order valence-electron chi connectivity index (χ1n) is 9.68. The van der Waals surface area contributed by atoms with Gasteiger partial charge >= 0.3 is 0 Å². The second-order valence-corrected chi connectivity index (χ2v) is 13.3. The van der Waals surface area contributed by atoms with E-state index in [4.69, 9.17) is 23.2 Å². The van der Waals surface area contributed by atoms with Crippen molar-refractivity contribution >= 4 is 60.3 Å². The Morgan fingerprint density at radius 1 is 0.484 bits per heavy atom. The van der Waals surface area contributed by atoms with Gasteiger partial charge in [0.15, 0.2) is 0 Å². The SMILES string of the molecule is Cl[CH-]C(Cl)(P(c1ccccc1)c1ccccc1)P(c1ccccc1)c1ccccc1.[Pd]. The van der Waals surface area contributed by atoms with E-state index >= 15 is 0 Å². The number of alkyl halides is 1.